The Kier molecular flexibility index (Phi) is 4.19. The highest BCUT2D eigenvalue weighted by atomic mass is 16.2. The zero-order valence-corrected chi connectivity index (χ0v) is 11.3. The normalized spacial score (nSPS) is 20.9. The first-order valence-electron chi connectivity index (χ1n) is 6.71. The summed E-state index contributed by atoms with van der Waals surface area (Å²) in [6.45, 7) is 4.43. The van der Waals surface area contributed by atoms with Gasteiger partial charge in [0.25, 0.3) is 0 Å². The third-order valence-corrected chi connectivity index (χ3v) is 3.46. The minimum atomic E-state index is -0.122. The van der Waals surface area contributed by atoms with Crippen LogP contribution in [-0.2, 0) is 16.0 Å². The molecule has 1 fully saturated rings. The van der Waals surface area contributed by atoms with Crippen molar-refractivity contribution in [3.63, 3.8) is 0 Å². The van der Waals surface area contributed by atoms with Crippen molar-refractivity contribution in [2.75, 3.05) is 11.9 Å². The fraction of sp³-hybridized carbons (Fsp3) is 0.615. The van der Waals surface area contributed by atoms with Crippen LogP contribution in [0.2, 0.25) is 0 Å². The standard InChI is InChI=1S/C13H20N4O2/c1-3-9-7-15-17-12(9)16-11(18)4-5-14-13(19)10-6-8(10)2/h7-8,10H,3-6H2,1-2H3,(H,14,19)(H2,15,16,17,18). The summed E-state index contributed by atoms with van der Waals surface area (Å²) in [5.74, 6) is 1.24. The molecular formula is C13H20N4O2. The van der Waals surface area contributed by atoms with Crippen molar-refractivity contribution in [1.82, 2.24) is 15.5 Å². The van der Waals surface area contributed by atoms with Gasteiger partial charge in [-0.1, -0.05) is 13.8 Å². The van der Waals surface area contributed by atoms with Crippen LogP contribution >= 0.6 is 0 Å². The van der Waals surface area contributed by atoms with Gasteiger partial charge < -0.3 is 10.6 Å². The SMILES string of the molecule is CCc1cn[nH]c1NC(=O)CCNC(=O)C1CC1C. The molecule has 6 nitrogen and oxygen atoms in total. The Morgan fingerprint density at radius 3 is 2.89 bits per heavy atom. The molecule has 0 bridgehead atoms. The van der Waals surface area contributed by atoms with Crippen LogP contribution in [-0.4, -0.2) is 28.6 Å². The van der Waals surface area contributed by atoms with Crippen molar-refractivity contribution >= 4 is 17.6 Å². The quantitative estimate of drug-likeness (QED) is 0.718. The fourth-order valence-electron chi connectivity index (χ4n) is 2.01. The lowest BCUT2D eigenvalue weighted by Gasteiger charge is -2.06. The number of carbonyl (C=O) groups excluding carboxylic acids is 2. The third kappa shape index (κ3) is 3.56. The number of hydrogen-bond acceptors (Lipinski definition) is 3. The summed E-state index contributed by atoms with van der Waals surface area (Å²) in [6, 6.07) is 0. The van der Waals surface area contributed by atoms with E-state index in [0.717, 1.165) is 18.4 Å². The summed E-state index contributed by atoms with van der Waals surface area (Å²) in [5, 5.41) is 12.2. The van der Waals surface area contributed by atoms with Crippen LogP contribution in [0.1, 0.15) is 32.3 Å². The Bertz CT molecular complexity index is 469. The van der Waals surface area contributed by atoms with Crippen LogP contribution < -0.4 is 10.6 Å². The summed E-state index contributed by atoms with van der Waals surface area (Å²) in [6.07, 6.45) is 3.75. The minimum Gasteiger partial charge on any atom is -0.355 e. The van der Waals surface area contributed by atoms with Gasteiger partial charge in [-0.25, -0.2) is 0 Å². The van der Waals surface area contributed by atoms with Crippen LogP contribution in [0.3, 0.4) is 0 Å². The van der Waals surface area contributed by atoms with Gasteiger partial charge in [-0.15, -0.1) is 0 Å². The number of hydrogen-bond donors (Lipinski definition) is 3. The van der Waals surface area contributed by atoms with Crippen LogP contribution in [0.5, 0.6) is 0 Å². The van der Waals surface area contributed by atoms with Crippen molar-refractivity contribution in [3.8, 4) is 0 Å². The topological polar surface area (TPSA) is 86.9 Å². The number of aryl methyl sites for hydroxylation is 1. The van der Waals surface area contributed by atoms with Crippen LogP contribution in [0.15, 0.2) is 6.20 Å². The minimum absolute atomic E-state index is 0.0658. The van der Waals surface area contributed by atoms with E-state index in [0.29, 0.717) is 18.3 Å². The second kappa shape index (κ2) is 5.86. The van der Waals surface area contributed by atoms with Gasteiger partial charge in [0.05, 0.1) is 6.20 Å². The maximum atomic E-state index is 11.7. The maximum absolute atomic E-state index is 11.7. The molecule has 1 heterocycles. The number of nitrogens with zero attached hydrogens (tertiary/aromatic N) is 1. The lowest BCUT2D eigenvalue weighted by atomic mass is 10.2. The summed E-state index contributed by atoms with van der Waals surface area (Å²) < 4.78 is 0. The van der Waals surface area contributed by atoms with E-state index in [1.54, 1.807) is 6.20 Å². The molecule has 0 spiro atoms. The molecule has 1 aliphatic rings. The van der Waals surface area contributed by atoms with Gasteiger partial charge in [-0.2, -0.15) is 5.10 Å². The largest absolute Gasteiger partial charge is 0.355 e. The molecule has 0 saturated heterocycles. The number of aromatic amines is 1. The Morgan fingerprint density at radius 2 is 2.26 bits per heavy atom. The third-order valence-electron chi connectivity index (χ3n) is 3.46. The predicted octanol–water partition coefficient (Wildman–Crippen LogP) is 1.07. The molecule has 3 N–H and O–H groups in total. The van der Waals surface area contributed by atoms with Crippen LogP contribution in [0.25, 0.3) is 0 Å². The van der Waals surface area contributed by atoms with Crippen molar-refractivity contribution < 1.29 is 9.59 Å². The molecule has 1 saturated carbocycles. The first-order chi connectivity index (χ1) is 9.11. The molecule has 0 radical (unpaired) electrons. The lowest BCUT2D eigenvalue weighted by Crippen LogP contribution is -2.29. The van der Waals surface area contributed by atoms with Crippen molar-refractivity contribution in [3.05, 3.63) is 11.8 Å². The molecule has 19 heavy (non-hydrogen) atoms. The van der Waals surface area contributed by atoms with E-state index >= 15 is 0 Å². The zero-order valence-electron chi connectivity index (χ0n) is 11.3. The average Bonchev–Trinajstić information content (AvgIpc) is 2.94. The molecule has 1 aromatic rings. The molecule has 1 aliphatic carbocycles. The van der Waals surface area contributed by atoms with Crippen molar-refractivity contribution in [1.29, 1.82) is 0 Å². The maximum Gasteiger partial charge on any atom is 0.227 e. The smallest absolute Gasteiger partial charge is 0.227 e. The molecule has 104 valence electrons. The van der Waals surface area contributed by atoms with E-state index in [-0.39, 0.29) is 24.2 Å². The molecule has 0 aromatic carbocycles. The summed E-state index contributed by atoms with van der Waals surface area (Å²) in [7, 11) is 0. The molecule has 2 rings (SSSR count). The van der Waals surface area contributed by atoms with Crippen LogP contribution in [0.4, 0.5) is 5.82 Å². The number of anilines is 1. The highest BCUT2D eigenvalue weighted by molar-refractivity contribution is 5.91. The molecule has 2 amide bonds. The van der Waals surface area contributed by atoms with Gasteiger partial charge in [0.1, 0.15) is 5.82 Å². The Balaban J connectivity index is 1.68. The number of amides is 2. The number of carbonyl (C=O) groups is 2. The van der Waals surface area contributed by atoms with E-state index < -0.39 is 0 Å². The van der Waals surface area contributed by atoms with Crippen molar-refractivity contribution in [2.24, 2.45) is 11.8 Å². The van der Waals surface area contributed by atoms with E-state index in [4.69, 9.17) is 0 Å². The number of H-pyrrole nitrogens is 1. The monoisotopic (exact) mass is 264 g/mol. The van der Waals surface area contributed by atoms with Gasteiger partial charge in [-0.3, -0.25) is 14.7 Å². The van der Waals surface area contributed by atoms with Gasteiger partial charge >= 0.3 is 0 Å². The molecule has 6 heteroatoms. The first kappa shape index (κ1) is 13.6. The second-order valence-electron chi connectivity index (χ2n) is 5.03. The van der Waals surface area contributed by atoms with Gasteiger partial charge in [0, 0.05) is 24.4 Å². The highest BCUT2D eigenvalue weighted by Gasteiger charge is 2.38. The van der Waals surface area contributed by atoms with Crippen LogP contribution in [0, 0.1) is 11.8 Å². The first-order valence-corrected chi connectivity index (χ1v) is 6.71. The zero-order chi connectivity index (χ0) is 13.8. The van der Waals surface area contributed by atoms with Gasteiger partial charge in [-0.05, 0) is 18.8 Å². The second-order valence-corrected chi connectivity index (χ2v) is 5.03. The average molecular weight is 264 g/mol. The van der Waals surface area contributed by atoms with E-state index in [2.05, 4.69) is 27.8 Å². The van der Waals surface area contributed by atoms with E-state index in [9.17, 15) is 9.59 Å². The Labute approximate surface area is 112 Å². The molecule has 2 unspecified atom stereocenters. The number of nitrogens with one attached hydrogen (secondary N) is 3. The number of rotatable bonds is 6. The van der Waals surface area contributed by atoms with Gasteiger partial charge in [0.2, 0.25) is 11.8 Å². The Morgan fingerprint density at radius 1 is 1.53 bits per heavy atom. The number of aromatic nitrogens is 2. The summed E-state index contributed by atoms with van der Waals surface area (Å²) in [4.78, 5) is 23.3. The highest BCUT2D eigenvalue weighted by Crippen LogP contribution is 2.37. The fourth-order valence-corrected chi connectivity index (χ4v) is 2.01. The summed E-state index contributed by atoms with van der Waals surface area (Å²) in [5.41, 5.74) is 0.976. The Hall–Kier alpha value is -1.85. The molecule has 2 atom stereocenters. The van der Waals surface area contributed by atoms with E-state index in [1.165, 1.54) is 0 Å². The predicted molar refractivity (Wildman–Crippen MR) is 71.5 cm³/mol. The summed E-state index contributed by atoms with van der Waals surface area (Å²) >= 11 is 0. The van der Waals surface area contributed by atoms with Gasteiger partial charge in [0.15, 0.2) is 0 Å². The molecular weight excluding hydrogens is 244 g/mol. The lowest BCUT2D eigenvalue weighted by molar-refractivity contribution is -0.122. The molecule has 0 aliphatic heterocycles. The van der Waals surface area contributed by atoms with E-state index in [1.807, 2.05) is 6.92 Å². The molecule has 1 aromatic heterocycles. The van der Waals surface area contributed by atoms with Crippen molar-refractivity contribution in [2.45, 2.75) is 33.1 Å².